The summed E-state index contributed by atoms with van der Waals surface area (Å²) in [5.41, 5.74) is 0.398. The lowest BCUT2D eigenvalue weighted by Gasteiger charge is -2.24. The van der Waals surface area contributed by atoms with Crippen molar-refractivity contribution in [3.8, 4) is 0 Å². The fourth-order valence-corrected chi connectivity index (χ4v) is 1.94. The van der Waals surface area contributed by atoms with Gasteiger partial charge in [-0.15, -0.1) is 0 Å². The number of aliphatic hydroxyl groups is 1. The van der Waals surface area contributed by atoms with Gasteiger partial charge in [0.1, 0.15) is 0 Å². The van der Waals surface area contributed by atoms with Gasteiger partial charge in [-0.05, 0) is 30.6 Å². The molecule has 2 N–H and O–H groups in total. The van der Waals surface area contributed by atoms with Gasteiger partial charge in [0.25, 0.3) is 0 Å². The molecular formula is C12H25NO2. The van der Waals surface area contributed by atoms with E-state index in [0.717, 1.165) is 19.6 Å². The van der Waals surface area contributed by atoms with Crippen molar-refractivity contribution in [3.63, 3.8) is 0 Å². The van der Waals surface area contributed by atoms with Crippen LogP contribution in [0.25, 0.3) is 0 Å². The molecule has 1 saturated carbocycles. The number of methoxy groups -OCH3 is 1. The Balaban J connectivity index is 2.27. The predicted octanol–water partition coefficient (Wildman–Crippen LogP) is 1.41. The molecule has 1 atom stereocenters. The molecule has 0 heterocycles. The number of hydrogen-bond donors (Lipinski definition) is 2. The molecule has 0 bridgehead atoms. The second kappa shape index (κ2) is 5.83. The molecule has 0 amide bonds. The third-order valence-electron chi connectivity index (χ3n) is 3.49. The molecule has 1 unspecified atom stereocenters. The summed E-state index contributed by atoms with van der Waals surface area (Å²) in [4.78, 5) is 0. The average molecular weight is 215 g/mol. The number of ether oxygens (including phenoxy) is 1. The van der Waals surface area contributed by atoms with E-state index in [1.54, 1.807) is 7.11 Å². The summed E-state index contributed by atoms with van der Waals surface area (Å²) in [5, 5.41) is 12.5. The number of nitrogens with one attached hydrogen (secondary N) is 1. The average Bonchev–Trinajstić information content (AvgIpc) is 2.93. The Morgan fingerprint density at radius 1 is 1.40 bits per heavy atom. The molecule has 0 aromatic heterocycles. The van der Waals surface area contributed by atoms with E-state index in [1.807, 2.05) is 0 Å². The topological polar surface area (TPSA) is 41.5 Å². The summed E-state index contributed by atoms with van der Waals surface area (Å²) in [6, 6.07) is 0.436. The van der Waals surface area contributed by atoms with Crippen molar-refractivity contribution in [2.24, 2.45) is 11.3 Å². The summed E-state index contributed by atoms with van der Waals surface area (Å²) >= 11 is 0. The van der Waals surface area contributed by atoms with Crippen LogP contribution in [0.1, 0.15) is 33.1 Å². The lowest BCUT2D eigenvalue weighted by molar-refractivity contribution is 0.141. The van der Waals surface area contributed by atoms with Crippen molar-refractivity contribution in [3.05, 3.63) is 0 Å². The Morgan fingerprint density at radius 2 is 2.07 bits per heavy atom. The molecule has 0 saturated heterocycles. The minimum atomic E-state index is 0.318. The molecule has 0 aromatic carbocycles. The van der Waals surface area contributed by atoms with Gasteiger partial charge in [-0.3, -0.25) is 0 Å². The molecule has 3 heteroatoms. The van der Waals surface area contributed by atoms with Gasteiger partial charge in [-0.1, -0.05) is 13.8 Å². The number of aliphatic hydroxyl groups excluding tert-OH is 1. The van der Waals surface area contributed by atoms with Gasteiger partial charge in [0, 0.05) is 26.3 Å². The minimum Gasteiger partial charge on any atom is -0.396 e. The molecule has 1 rings (SSSR count). The fraction of sp³-hybridized carbons (Fsp3) is 1.00. The molecule has 0 aliphatic heterocycles. The summed E-state index contributed by atoms with van der Waals surface area (Å²) in [7, 11) is 1.75. The van der Waals surface area contributed by atoms with Gasteiger partial charge >= 0.3 is 0 Å². The van der Waals surface area contributed by atoms with E-state index in [2.05, 4.69) is 19.2 Å². The second-order valence-electron chi connectivity index (χ2n) is 5.16. The van der Waals surface area contributed by atoms with Gasteiger partial charge in [-0.2, -0.15) is 0 Å². The normalized spacial score (nSPS) is 20.6. The van der Waals surface area contributed by atoms with Gasteiger partial charge in [-0.25, -0.2) is 0 Å². The highest BCUT2D eigenvalue weighted by molar-refractivity contribution is 4.95. The highest BCUT2D eigenvalue weighted by Crippen LogP contribution is 2.48. The Kier molecular flexibility index (Phi) is 5.03. The third-order valence-corrected chi connectivity index (χ3v) is 3.49. The lowest BCUT2D eigenvalue weighted by Crippen LogP contribution is -2.41. The smallest absolute Gasteiger partial charge is 0.0618 e. The molecule has 15 heavy (non-hydrogen) atoms. The Labute approximate surface area is 93.2 Å². The van der Waals surface area contributed by atoms with Crippen LogP contribution in [0, 0.1) is 11.3 Å². The molecule has 0 radical (unpaired) electrons. The fourth-order valence-electron chi connectivity index (χ4n) is 1.94. The van der Waals surface area contributed by atoms with Gasteiger partial charge in [0.2, 0.25) is 0 Å². The van der Waals surface area contributed by atoms with E-state index < -0.39 is 0 Å². The van der Waals surface area contributed by atoms with Crippen LogP contribution in [-0.4, -0.2) is 38.0 Å². The Hall–Kier alpha value is -0.120. The van der Waals surface area contributed by atoms with E-state index in [0.29, 0.717) is 24.0 Å². The second-order valence-corrected chi connectivity index (χ2v) is 5.16. The van der Waals surface area contributed by atoms with Crippen LogP contribution in [0.15, 0.2) is 0 Å². The maximum atomic E-state index is 8.97. The van der Waals surface area contributed by atoms with Crippen molar-refractivity contribution >= 4 is 0 Å². The first-order chi connectivity index (χ1) is 7.13. The van der Waals surface area contributed by atoms with Gasteiger partial charge < -0.3 is 15.2 Å². The molecule has 90 valence electrons. The van der Waals surface area contributed by atoms with Crippen LogP contribution < -0.4 is 5.32 Å². The number of rotatable bonds is 8. The minimum absolute atomic E-state index is 0.318. The third kappa shape index (κ3) is 4.09. The quantitative estimate of drug-likeness (QED) is 0.643. The molecule has 1 fully saturated rings. The van der Waals surface area contributed by atoms with Crippen molar-refractivity contribution in [2.45, 2.75) is 39.2 Å². The zero-order valence-electron chi connectivity index (χ0n) is 10.3. The zero-order chi connectivity index (χ0) is 11.3. The first-order valence-electron chi connectivity index (χ1n) is 5.97. The van der Waals surface area contributed by atoms with E-state index >= 15 is 0 Å². The van der Waals surface area contributed by atoms with Gasteiger partial charge in [0.15, 0.2) is 0 Å². The summed E-state index contributed by atoms with van der Waals surface area (Å²) < 4.78 is 5.20. The van der Waals surface area contributed by atoms with E-state index in [4.69, 9.17) is 9.84 Å². The van der Waals surface area contributed by atoms with Crippen molar-refractivity contribution < 1.29 is 9.84 Å². The molecule has 0 spiro atoms. The highest BCUT2D eigenvalue weighted by atomic mass is 16.5. The highest BCUT2D eigenvalue weighted by Gasteiger charge is 2.41. The van der Waals surface area contributed by atoms with Crippen molar-refractivity contribution in [2.75, 3.05) is 26.9 Å². The molecule has 0 aromatic rings. The van der Waals surface area contributed by atoms with Crippen LogP contribution in [-0.2, 0) is 4.74 Å². The first kappa shape index (κ1) is 12.9. The summed E-state index contributed by atoms with van der Waals surface area (Å²) in [5.74, 6) is 0.592. The van der Waals surface area contributed by atoms with E-state index in [-0.39, 0.29) is 0 Å². The largest absolute Gasteiger partial charge is 0.396 e. The van der Waals surface area contributed by atoms with Crippen LogP contribution in [0.4, 0.5) is 0 Å². The van der Waals surface area contributed by atoms with Crippen molar-refractivity contribution in [1.29, 1.82) is 0 Å². The maximum Gasteiger partial charge on any atom is 0.0618 e. The van der Waals surface area contributed by atoms with Crippen LogP contribution in [0.3, 0.4) is 0 Å². The zero-order valence-corrected chi connectivity index (χ0v) is 10.3. The Morgan fingerprint density at radius 3 is 2.47 bits per heavy atom. The summed E-state index contributed by atoms with van der Waals surface area (Å²) in [6.07, 6.45) is 3.47. The van der Waals surface area contributed by atoms with Crippen molar-refractivity contribution in [1.82, 2.24) is 5.32 Å². The Bertz CT molecular complexity index is 178. The monoisotopic (exact) mass is 215 g/mol. The maximum absolute atomic E-state index is 8.97. The van der Waals surface area contributed by atoms with Crippen LogP contribution in [0.5, 0.6) is 0 Å². The van der Waals surface area contributed by atoms with Crippen LogP contribution >= 0.6 is 0 Å². The molecule has 1 aliphatic carbocycles. The summed E-state index contributed by atoms with van der Waals surface area (Å²) in [6.45, 7) is 6.54. The molecular weight excluding hydrogens is 190 g/mol. The number of hydrogen-bond acceptors (Lipinski definition) is 3. The van der Waals surface area contributed by atoms with Gasteiger partial charge in [0.05, 0.1) is 6.61 Å². The standard InChI is InChI=1S/C12H25NO2/c1-10(2)11(8-15-3)13-9-12(4-5-12)6-7-14/h10-11,13-14H,4-9H2,1-3H3. The SMILES string of the molecule is COCC(NCC1(CCO)CC1)C(C)C. The lowest BCUT2D eigenvalue weighted by atomic mass is 10.0. The van der Waals surface area contributed by atoms with Crippen LogP contribution in [0.2, 0.25) is 0 Å². The first-order valence-corrected chi connectivity index (χ1v) is 5.97. The van der Waals surface area contributed by atoms with E-state index in [9.17, 15) is 0 Å². The molecule has 1 aliphatic rings. The molecule has 3 nitrogen and oxygen atoms in total. The van der Waals surface area contributed by atoms with E-state index in [1.165, 1.54) is 12.8 Å². The predicted molar refractivity (Wildman–Crippen MR) is 61.9 cm³/mol.